The Bertz CT molecular complexity index is 989. The molecule has 8 heteroatoms. The molecule has 0 saturated carbocycles. The molecule has 0 bridgehead atoms. The van der Waals surface area contributed by atoms with E-state index in [9.17, 15) is 8.42 Å². The summed E-state index contributed by atoms with van der Waals surface area (Å²) in [6.45, 7) is 14.0. The highest BCUT2D eigenvalue weighted by atomic mass is 35.6. The highest BCUT2D eigenvalue weighted by molar-refractivity contribution is 7.93. The second kappa shape index (κ2) is 11.5. The summed E-state index contributed by atoms with van der Waals surface area (Å²) in [5.74, 6) is 0. The average molecular weight is 514 g/mol. The highest BCUT2D eigenvalue weighted by Gasteiger charge is 2.30. The minimum Gasteiger partial charge on any atom is -0.416 e. The Balaban J connectivity index is 0.000000390. The molecule has 1 N–H and O–H groups in total. The zero-order valence-electron chi connectivity index (χ0n) is 20.6. The Labute approximate surface area is 202 Å². The van der Waals surface area contributed by atoms with Crippen LogP contribution < -0.4 is 4.72 Å². The molecule has 0 aliphatic carbocycles. The lowest BCUT2D eigenvalue weighted by Gasteiger charge is -2.28. The van der Waals surface area contributed by atoms with Crippen LogP contribution in [0.1, 0.15) is 47.1 Å². The predicted octanol–water partition coefficient (Wildman–Crippen LogP) is 7.75. The molecule has 1 aliphatic heterocycles. The summed E-state index contributed by atoms with van der Waals surface area (Å²) >= 11 is 6.23. The van der Waals surface area contributed by atoms with Crippen LogP contribution in [0.25, 0.3) is 10.8 Å². The van der Waals surface area contributed by atoms with Crippen molar-refractivity contribution in [2.24, 2.45) is 0 Å². The number of anilines is 1. The number of hydrogen-bond acceptors (Lipinski definition) is 3. The quantitative estimate of drug-likeness (QED) is 0.261. The standard InChI is InChI=1S/C18H25NO3SSi.C6H15ClSi/c1-4-24(5-2,6-3)22-13-12-14-10-11-17-18-15(14)8-7-9-16(18)19-23(17,20)21;1-4-8(7,5-2)6-3/h7-11,19H,4-6,12-13H2,1-3H3;4-6H2,1-3H3. The molecule has 0 amide bonds. The van der Waals surface area contributed by atoms with E-state index in [1.807, 2.05) is 24.3 Å². The van der Waals surface area contributed by atoms with Crippen LogP contribution in [0.5, 0.6) is 0 Å². The van der Waals surface area contributed by atoms with Gasteiger partial charge in [-0.05, 0) is 65.8 Å². The molecule has 3 rings (SSSR count). The van der Waals surface area contributed by atoms with E-state index in [-0.39, 0.29) is 0 Å². The minimum atomic E-state index is -3.40. The van der Waals surface area contributed by atoms with Gasteiger partial charge in [-0.3, -0.25) is 4.72 Å². The molecule has 0 fully saturated rings. The second-order valence-corrected chi connectivity index (χ2v) is 21.9. The molecule has 0 saturated heterocycles. The van der Waals surface area contributed by atoms with Crippen LogP contribution in [0.4, 0.5) is 5.69 Å². The third kappa shape index (κ3) is 5.97. The number of rotatable bonds is 10. The lowest BCUT2D eigenvalue weighted by Crippen LogP contribution is -2.36. The van der Waals surface area contributed by atoms with Gasteiger partial charge in [0.15, 0.2) is 15.7 Å². The third-order valence-electron chi connectivity index (χ3n) is 7.24. The van der Waals surface area contributed by atoms with Gasteiger partial charge in [0.05, 0.1) is 10.6 Å². The Morgan fingerprint density at radius 2 is 1.47 bits per heavy atom. The number of benzene rings is 2. The molecule has 4 nitrogen and oxygen atoms in total. The summed E-state index contributed by atoms with van der Waals surface area (Å²) in [4.78, 5) is 0.386. The van der Waals surface area contributed by atoms with Gasteiger partial charge < -0.3 is 4.43 Å². The van der Waals surface area contributed by atoms with E-state index in [2.05, 4.69) is 46.3 Å². The highest BCUT2D eigenvalue weighted by Crippen LogP contribution is 2.39. The Morgan fingerprint density at radius 1 is 0.875 bits per heavy atom. The first-order valence-corrected chi connectivity index (χ1v) is 19.7. The van der Waals surface area contributed by atoms with Crippen molar-refractivity contribution < 1.29 is 12.8 Å². The van der Waals surface area contributed by atoms with E-state index < -0.39 is 25.7 Å². The molecule has 0 spiro atoms. The number of hydrogen-bond donors (Lipinski definition) is 1. The van der Waals surface area contributed by atoms with Gasteiger partial charge in [-0.15, -0.1) is 0 Å². The Hall–Kier alpha value is -0.866. The molecule has 0 radical (unpaired) electrons. The molecule has 180 valence electrons. The molecular weight excluding hydrogens is 474 g/mol. The van der Waals surface area contributed by atoms with Crippen LogP contribution in [-0.2, 0) is 20.9 Å². The Morgan fingerprint density at radius 3 is 1.97 bits per heavy atom. The van der Waals surface area contributed by atoms with E-state index in [1.54, 1.807) is 6.07 Å². The SMILES string of the molecule is CC[Si](CC)(CC)OCCc1ccc2c3c(cccc13)NS2(=O)=O.CC[Si](Cl)(CC)CC. The molecule has 1 aliphatic rings. The van der Waals surface area contributed by atoms with Gasteiger partial charge >= 0.3 is 0 Å². The van der Waals surface area contributed by atoms with E-state index >= 15 is 0 Å². The maximum Gasteiger partial charge on any atom is 0.262 e. The first-order chi connectivity index (χ1) is 15.1. The number of sulfonamides is 1. The summed E-state index contributed by atoms with van der Waals surface area (Å²) in [7, 11) is -6.18. The summed E-state index contributed by atoms with van der Waals surface area (Å²) in [5.41, 5.74) is 1.84. The van der Waals surface area contributed by atoms with E-state index in [1.165, 1.54) is 18.1 Å². The second-order valence-electron chi connectivity index (χ2n) is 8.61. The van der Waals surface area contributed by atoms with E-state index in [0.29, 0.717) is 17.2 Å². The first kappa shape index (κ1) is 27.4. The molecule has 0 unspecified atom stereocenters. The summed E-state index contributed by atoms with van der Waals surface area (Å²) in [6.07, 6.45) is 0.815. The van der Waals surface area contributed by atoms with Gasteiger partial charge in [0.1, 0.15) is 0 Å². The van der Waals surface area contributed by atoms with Crippen LogP contribution in [-0.4, -0.2) is 30.7 Å². The fourth-order valence-corrected chi connectivity index (χ4v) is 9.80. The van der Waals surface area contributed by atoms with Gasteiger partial charge in [-0.1, -0.05) is 59.7 Å². The van der Waals surface area contributed by atoms with Crippen molar-refractivity contribution in [1.29, 1.82) is 0 Å². The fourth-order valence-electron chi connectivity index (χ4n) is 4.35. The van der Waals surface area contributed by atoms with Crippen LogP contribution in [0, 0.1) is 0 Å². The largest absolute Gasteiger partial charge is 0.416 e. The van der Waals surface area contributed by atoms with Crippen LogP contribution >= 0.6 is 11.1 Å². The summed E-state index contributed by atoms with van der Waals surface area (Å²) < 4.78 is 33.3. The third-order valence-corrected chi connectivity index (χ3v) is 19.5. The predicted molar refractivity (Wildman–Crippen MR) is 145 cm³/mol. The molecule has 2 aromatic carbocycles. The first-order valence-electron chi connectivity index (χ1n) is 12.0. The molecule has 32 heavy (non-hydrogen) atoms. The monoisotopic (exact) mass is 513 g/mol. The zero-order valence-corrected chi connectivity index (χ0v) is 24.1. The fraction of sp³-hybridized carbons (Fsp3) is 0.583. The number of nitrogens with one attached hydrogen (secondary N) is 1. The number of halogens is 1. The molecule has 0 atom stereocenters. The molecule has 1 heterocycles. The molecular formula is C24H40ClNO3SSi2. The van der Waals surface area contributed by atoms with Crippen LogP contribution in [0.15, 0.2) is 35.2 Å². The van der Waals surface area contributed by atoms with Crippen molar-refractivity contribution in [3.05, 3.63) is 35.9 Å². The topological polar surface area (TPSA) is 55.4 Å². The van der Waals surface area contributed by atoms with E-state index in [4.69, 9.17) is 15.5 Å². The molecule has 0 aromatic heterocycles. The van der Waals surface area contributed by atoms with Crippen molar-refractivity contribution in [2.75, 3.05) is 11.3 Å². The zero-order chi connectivity index (χ0) is 24.0. The van der Waals surface area contributed by atoms with Crippen molar-refractivity contribution in [1.82, 2.24) is 0 Å². The van der Waals surface area contributed by atoms with E-state index in [0.717, 1.165) is 40.9 Å². The van der Waals surface area contributed by atoms with Gasteiger partial charge in [0.25, 0.3) is 10.0 Å². The van der Waals surface area contributed by atoms with Gasteiger partial charge in [-0.25, -0.2) is 8.42 Å². The Kier molecular flexibility index (Phi) is 9.85. The normalized spacial score (nSPS) is 14.7. The molecule has 2 aromatic rings. The summed E-state index contributed by atoms with van der Waals surface area (Å²) in [5, 5.41) is 1.83. The van der Waals surface area contributed by atoms with Gasteiger partial charge in [0.2, 0.25) is 0 Å². The maximum atomic E-state index is 12.2. The van der Waals surface area contributed by atoms with Gasteiger partial charge in [-0.2, -0.15) is 11.1 Å². The van der Waals surface area contributed by atoms with Crippen molar-refractivity contribution >= 4 is 53.3 Å². The average Bonchev–Trinajstić information content (AvgIpc) is 3.09. The maximum absolute atomic E-state index is 12.2. The van der Waals surface area contributed by atoms with Crippen molar-refractivity contribution in [2.45, 2.75) is 89.1 Å². The van der Waals surface area contributed by atoms with Crippen molar-refractivity contribution in [3.8, 4) is 0 Å². The minimum absolute atomic E-state index is 0.386. The van der Waals surface area contributed by atoms with Gasteiger partial charge in [0, 0.05) is 12.0 Å². The van der Waals surface area contributed by atoms with Crippen molar-refractivity contribution in [3.63, 3.8) is 0 Å². The summed E-state index contributed by atoms with van der Waals surface area (Å²) in [6, 6.07) is 16.5. The lowest BCUT2D eigenvalue weighted by molar-refractivity contribution is 0.304. The smallest absolute Gasteiger partial charge is 0.262 e. The lowest BCUT2D eigenvalue weighted by atomic mass is 10.0. The van der Waals surface area contributed by atoms with Crippen LogP contribution in [0.3, 0.4) is 0 Å². The van der Waals surface area contributed by atoms with Crippen LogP contribution in [0.2, 0.25) is 36.3 Å².